The quantitative estimate of drug-likeness (QED) is 0.519. The second-order valence-corrected chi connectivity index (χ2v) is 8.31. The van der Waals surface area contributed by atoms with E-state index < -0.39 is 0 Å². The first-order valence-corrected chi connectivity index (χ1v) is 10.8. The van der Waals surface area contributed by atoms with Crippen molar-refractivity contribution in [3.8, 4) is 0 Å². The molecule has 0 bridgehead atoms. The number of rotatable bonds is 8. The highest BCUT2D eigenvalue weighted by atomic mass is 32.2. The Hall–Kier alpha value is -3.27. The van der Waals surface area contributed by atoms with E-state index in [0.717, 1.165) is 5.56 Å². The molecule has 2 N–H and O–H groups in total. The van der Waals surface area contributed by atoms with Crippen LogP contribution in [0.2, 0.25) is 0 Å². The predicted octanol–water partition coefficient (Wildman–Crippen LogP) is 2.77. The summed E-state index contributed by atoms with van der Waals surface area (Å²) in [6.45, 7) is 5.99. The zero-order valence-corrected chi connectivity index (χ0v) is 18.7. The van der Waals surface area contributed by atoms with Gasteiger partial charge in [-0.2, -0.15) is 0 Å². The minimum atomic E-state index is -0.327. The van der Waals surface area contributed by atoms with Crippen LogP contribution in [0.3, 0.4) is 0 Å². The van der Waals surface area contributed by atoms with Crippen molar-refractivity contribution < 1.29 is 9.59 Å². The van der Waals surface area contributed by atoms with Crippen molar-refractivity contribution in [3.05, 3.63) is 59.7 Å². The molecule has 162 valence electrons. The maximum Gasteiger partial charge on any atom is 0.251 e. The number of carbonyl (C=O) groups excluding carboxylic acids is 2. The number of thioether (sulfide) groups is 1. The molecule has 2 amide bonds. The fourth-order valence-electron chi connectivity index (χ4n) is 2.84. The van der Waals surface area contributed by atoms with E-state index in [1.807, 2.05) is 40.0 Å². The lowest BCUT2D eigenvalue weighted by Crippen LogP contribution is -2.33. The monoisotopic (exact) mass is 439 g/mol. The van der Waals surface area contributed by atoms with Crippen LogP contribution in [0.1, 0.15) is 41.6 Å². The van der Waals surface area contributed by atoms with E-state index in [2.05, 4.69) is 30.8 Å². The van der Waals surface area contributed by atoms with Gasteiger partial charge in [-0.05, 0) is 31.0 Å². The summed E-state index contributed by atoms with van der Waals surface area (Å²) in [7, 11) is 1.82. The number of aromatic nitrogens is 5. The van der Waals surface area contributed by atoms with Gasteiger partial charge in [-0.3, -0.25) is 14.9 Å². The van der Waals surface area contributed by atoms with E-state index in [1.165, 1.54) is 11.8 Å². The van der Waals surface area contributed by atoms with E-state index in [0.29, 0.717) is 16.5 Å². The van der Waals surface area contributed by atoms with E-state index in [1.54, 1.807) is 35.2 Å². The molecule has 0 aliphatic carbocycles. The molecule has 10 heteroatoms. The largest absolute Gasteiger partial charge is 0.342 e. The first-order chi connectivity index (χ1) is 14.8. The average molecular weight is 440 g/mol. The smallest absolute Gasteiger partial charge is 0.251 e. The van der Waals surface area contributed by atoms with Gasteiger partial charge in [-0.15, -0.1) is 10.2 Å². The Balaban J connectivity index is 1.66. The molecule has 3 rings (SSSR count). The number of hydrogen-bond donors (Lipinski definition) is 2. The second-order valence-electron chi connectivity index (χ2n) is 7.37. The van der Waals surface area contributed by atoms with Crippen molar-refractivity contribution in [1.29, 1.82) is 0 Å². The van der Waals surface area contributed by atoms with Gasteiger partial charge < -0.3 is 9.88 Å². The fourth-order valence-corrected chi connectivity index (χ4v) is 3.55. The molecular formula is C21H25N7O2S. The molecule has 2 heterocycles. The number of benzene rings is 1. The van der Waals surface area contributed by atoms with Crippen LogP contribution in [-0.4, -0.2) is 42.3 Å². The predicted molar refractivity (Wildman–Crippen MR) is 119 cm³/mol. The maximum absolute atomic E-state index is 12.7. The molecule has 0 radical (unpaired) electrons. The number of carbonyl (C=O) groups is 2. The van der Waals surface area contributed by atoms with Crippen LogP contribution >= 0.6 is 11.8 Å². The summed E-state index contributed by atoms with van der Waals surface area (Å²) in [5, 5.41) is 14.7. The van der Waals surface area contributed by atoms with Gasteiger partial charge in [0.15, 0.2) is 11.0 Å². The van der Waals surface area contributed by atoms with Gasteiger partial charge in [0.05, 0.1) is 11.8 Å². The van der Waals surface area contributed by atoms with E-state index in [4.69, 9.17) is 0 Å². The third kappa shape index (κ3) is 5.88. The first kappa shape index (κ1) is 22.4. The van der Waals surface area contributed by atoms with Gasteiger partial charge in [-0.25, -0.2) is 9.97 Å². The molecule has 0 aliphatic heterocycles. The van der Waals surface area contributed by atoms with Crippen LogP contribution in [-0.2, 0) is 11.8 Å². The standard InChI is InChI=1S/C21H25N7O2S/c1-13(2)17(25-19(30)15-8-6-14(3)7-9-15)18-26-27-21(28(18)4)31-12-16(29)24-20-22-10-5-11-23-20/h5-11,13,17H,12H2,1-4H3,(H,25,30)(H,22,23,24,29)/t17-/m0/s1. The fraction of sp³-hybridized carbons (Fsp3) is 0.333. The highest BCUT2D eigenvalue weighted by molar-refractivity contribution is 7.99. The van der Waals surface area contributed by atoms with Gasteiger partial charge in [0.1, 0.15) is 0 Å². The van der Waals surface area contributed by atoms with Crippen molar-refractivity contribution in [3.63, 3.8) is 0 Å². The topological polar surface area (TPSA) is 115 Å². The molecule has 0 saturated carbocycles. The van der Waals surface area contributed by atoms with Crippen LogP contribution in [0, 0.1) is 12.8 Å². The lowest BCUT2D eigenvalue weighted by atomic mass is 10.0. The van der Waals surface area contributed by atoms with Crippen LogP contribution < -0.4 is 10.6 Å². The molecule has 0 fully saturated rings. The number of amides is 2. The molecule has 0 saturated heterocycles. The molecule has 9 nitrogen and oxygen atoms in total. The number of anilines is 1. The third-order valence-corrected chi connectivity index (χ3v) is 5.58. The van der Waals surface area contributed by atoms with Crippen molar-refractivity contribution in [2.24, 2.45) is 13.0 Å². The lowest BCUT2D eigenvalue weighted by Gasteiger charge is -2.21. The van der Waals surface area contributed by atoms with Gasteiger partial charge in [0.25, 0.3) is 5.91 Å². The van der Waals surface area contributed by atoms with Crippen LogP contribution in [0.5, 0.6) is 0 Å². The molecule has 2 aromatic heterocycles. The van der Waals surface area contributed by atoms with Crippen molar-refractivity contribution >= 4 is 29.5 Å². The Morgan fingerprint density at radius 1 is 1.10 bits per heavy atom. The minimum absolute atomic E-state index is 0.0914. The van der Waals surface area contributed by atoms with Crippen molar-refractivity contribution in [2.75, 3.05) is 11.1 Å². The first-order valence-electron chi connectivity index (χ1n) is 9.81. The summed E-state index contributed by atoms with van der Waals surface area (Å²) in [5.74, 6) is 0.697. The summed E-state index contributed by atoms with van der Waals surface area (Å²) >= 11 is 1.25. The molecule has 3 aromatic rings. The van der Waals surface area contributed by atoms with Crippen molar-refractivity contribution in [2.45, 2.75) is 32.0 Å². The summed E-state index contributed by atoms with van der Waals surface area (Å²) in [6.07, 6.45) is 3.11. The van der Waals surface area contributed by atoms with Gasteiger partial charge in [0.2, 0.25) is 11.9 Å². The lowest BCUT2D eigenvalue weighted by molar-refractivity contribution is -0.113. The van der Waals surface area contributed by atoms with Gasteiger partial charge >= 0.3 is 0 Å². The van der Waals surface area contributed by atoms with Gasteiger partial charge in [0, 0.05) is 25.0 Å². The molecule has 0 aliphatic rings. The molecular weight excluding hydrogens is 414 g/mol. The molecule has 1 atom stereocenters. The summed E-state index contributed by atoms with van der Waals surface area (Å²) in [4.78, 5) is 32.8. The van der Waals surface area contributed by atoms with Crippen molar-refractivity contribution in [1.82, 2.24) is 30.0 Å². The molecule has 0 spiro atoms. The highest BCUT2D eigenvalue weighted by Gasteiger charge is 2.25. The Kier molecular flexibility index (Phi) is 7.35. The Labute approximate surface area is 185 Å². The number of nitrogens with zero attached hydrogens (tertiary/aromatic N) is 5. The molecule has 31 heavy (non-hydrogen) atoms. The Morgan fingerprint density at radius 2 is 1.77 bits per heavy atom. The Bertz CT molecular complexity index is 1040. The minimum Gasteiger partial charge on any atom is -0.342 e. The summed E-state index contributed by atoms with van der Waals surface area (Å²) in [5.41, 5.74) is 1.68. The average Bonchev–Trinajstić information content (AvgIpc) is 3.11. The SMILES string of the molecule is Cc1ccc(C(=O)N[C@H](c2nnc(SCC(=O)Nc3ncccn3)n2C)C(C)C)cc1. The summed E-state index contributed by atoms with van der Waals surface area (Å²) in [6, 6.07) is 8.76. The molecule has 1 aromatic carbocycles. The third-order valence-electron chi connectivity index (χ3n) is 4.56. The maximum atomic E-state index is 12.7. The number of hydrogen-bond acceptors (Lipinski definition) is 7. The van der Waals surface area contributed by atoms with Crippen LogP contribution in [0.15, 0.2) is 47.9 Å². The van der Waals surface area contributed by atoms with E-state index in [9.17, 15) is 9.59 Å². The van der Waals surface area contributed by atoms with E-state index in [-0.39, 0.29) is 35.5 Å². The van der Waals surface area contributed by atoms with E-state index >= 15 is 0 Å². The second kappa shape index (κ2) is 10.2. The van der Waals surface area contributed by atoms with Crippen LogP contribution in [0.25, 0.3) is 0 Å². The molecule has 0 unspecified atom stereocenters. The number of nitrogens with one attached hydrogen (secondary N) is 2. The van der Waals surface area contributed by atoms with Crippen LogP contribution in [0.4, 0.5) is 5.95 Å². The Morgan fingerprint density at radius 3 is 2.42 bits per heavy atom. The number of aryl methyl sites for hydroxylation is 1. The highest BCUT2D eigenvalue weighted by Crippen LogP contribution is 2.24. The zero-order chi connectivity index (χ0) is 22.4. The van der Waals surface area contributed by atoms with Gasteiger partial charge in [-0.1, -0.05) is 43.3 Å². The normalized spacial score (nSPS) is 11.9. The zero-order valence-electron chi connectivity index (χ0n) is 17.9. The summed E-state index contributed by atoms with van der Waals surface area (Å²) < 4.78 is 1.80.